The minimum Gasteiger partial charge on any atom is -0.379 e. The first-order chi connectivity index (χ1) is 13.0. The second-order valence-electron chi connectivity index (χ2n) is 5.78. The maximum Gasteiger partial charge on any atom is 0.151 e. The number of rotatable bonds is 6. The zero-order chi connectivity index (χ0) is 19.2. The number of fused-ring (bicyclic) bond motifs is 1. The lowest BCUT2D eigenvalue weighted by Gasteiger charge is -2.14. The molecule has 0 heterocycles. The molecular formula is C20H22Br2N4S3. The molecule has 9 heteroatoms. The molecule has 29 heavy (non-hydrogen) atoms. The first-order valence-corrected chi connectivity index (χ1v) is 11.0. The Balaban J connectivity index is 0.00000210. The lowest BCUT2D eigenvalue weighted by atomic mass is 10.1. The summed E-state index contributed by atoms with van der Waals surface area (Å²) in [5.74, 6) is 1.33. The molecule has 0 radical (unpaired) electrons. The summed E-state index contributed by atoms with van der Waals surface area (Å²) in [6, 6.07) is 20.8. The third kappa shape index (κ3) is 7.25. The second kappa shape index (κ2) is 12.5. The molecule has 6 N–H and O–H groups in total. The summed E-state index contributed by atoms with van der Waals surface area (Å²) in [5, 5.41) is 17.6. The van der Waals surface area contributed by atoms with Crippen molar-refractivity contribution in [1.82, 2.24) is 0 Å². The van der Waals surface area contributed by atoms with Crippen molar-refractivity contribution >= 4 is 90.4 Å². The molecule has 0 aliphatic carbocycles. The number of nitrogens with two attached hydrogens (primary N) is 2. The Morgan fingerprint density at radius 2 is 1.34 bits per heavy atom. The van der Waals surface area contributed by atoms with Gasteiger partial charge in [0.1, 0.15) is 0 Å². The van der Waals surface area contributed by atoms with Crippen LogP contribution in [0.25, 0.3) is 10.8 Å². The first kappa shape index (κ1) is 25.9. The molecule has 0 spiro atoms. The van der Waals surface area contributed by atoms with E-state index in [1.807, 2.05) is 24.3 Å². The molecule has 0 bridgehead atoms. The van der Waals surface area contributed by atoms with Gasteiger partial charge in [0.05, 0.1) is 0 Å². The molecule has 0 amide bonds. The minimum atomic E-state index is 0. The summed E-state index contributed by atoms with van der Waals surface area (Å²) in [5.41, 5.74) is 13.4. The molecule has 0 aliphatic rings. The molecule has 0 atom stereocenters. The molecule has 0 fully saturated rings. The Bertz CT molecular complexity index is 998. The fraction of sp³-hybridized carbons (Fsp3) is 0.100. The van der Waals surface area contributed by atoms with Gasteiger partial charge in [-0.05, 0) is 34.0 Å². The molecule has 4 nitrogen and oxygen atoms in total. The van der Waals surface area contributed by atoms with Crippen LogP contribution in [0, 0.1) is 10.8 Å². The maximum atomic E-state index is 7.57. The van der Waals surface area contributed by atoms with Crippen molar-refractivity contribution in [3.05, 3.63) is 71.8 Å². The average Bonchev–Trinajstić information content (AvgIpc) is 2.66. The topological polar surface area (TPSA) is 99.7 Å². The summed E-state index contributed by atoms with van der Waals surface area (Å²) in [6.45, 7) is 0. The molecule has 3 rings (SSSR count). The largest absolute Gasteiger partial charge is 0.379 e. The molecule has 154 valence electrons. The summed E-state index contributed by atoms with van der Waals surface area (Å²) >= 11 is 4.38. The van der Waals surface area contributed by atoms with Gasteiger partial charge in [-0.15, -0.1) is 34.0 Å². The van der Waals surface area contributed by atoms with E-state index in [1.165, 1.54) is 39.9 Å². The highest BCUT2D eigenvalue weighted by Gasteiger charge is 2.12. The molecule has 0 saturated carbocycles. The Morgan fingerprint density at radius 3 is 2.07 bits per heavy atom. The summed E-state index contributed by atoms with van der Waals surface area (Å²) < 4.78 is 0. The van der Waals surface area contributed by atoms with Crippen LogP contribution in [0.2, 0.25) is 0 Å². The Labute approximate surface area is 204 Å². The molecule has 0 saturated heterocycles. The third-order valence-electron chi connectivity index (χ3n) is 3.95. The van der Waals surface area contributed by atoms with Gasteiger partial charge >= 0.3 is 0 Å². The van der Waals surface area contributed by atoms with Crippen LogP contribution in [0.3, 0.4) is 0 Å². The van der Waals surface area contributed by atoms with Crippen molar-refractivity contribution in [2.45, 2.75) is 21.3 Å². The lowest BCUT2D eigenvalue weighted by molar-refractivity contribution is 1.25. The monoisotopic (exact) mass is 572 g/mol. The van der Waals surface area contributed by atoms with Gasteiger partial charge in [-0.1, -0.05) is 83.8 Å². The van der Waals surface area contributed by atoms with Crippen LogP contribution in [0.4, 0.5) is 0 Å². The fourth-order valence-electron chi connectivity index (χ4n) is 2.71. The predicted molar refractivity (Wildman–Crippen MR) is 142 cm³/mol. The van der Waals surface area contributed by atoms with Gasteiger partial charge in [-0.3, -0.25) is 10.8 Å². The van der Waals surface area contributed by atoms with E-state index in [1.54, 1.807) is 11.8 Å². The van der Waals surface area contributed by atoms with E-state index in [-0.39, 0.29) is 44.3 Å². The van der Waals surface area contributed by atoms with Crippen molar-refractivity contribution in [2.75, 3.05) is 0 Å². The standard InChI is InChI=1S/C20H20N4S3.2BrH/c21-19(22)25-11-14-6-2-4-8-17(14)27-18-10-9-13-5-1-3-7-15(13)16(18)12-26-20(23)24;;/h1-10H,11-12H2,(H3,21,22)(H3,23,24);2*1H. The van der Waals surface area contributed by atoms with Crippen molar-refractivity contribution in [2.24, 2.45) is 11.5 Å². The highest BCUT2D eigenvalue weighted by molar-refractivity contribution is 8.93. The molecule has 0 aliphatic heterocycles. The lowest BCUT2D eigenvalue weighted by Crippen LogP contribution is -2.04. The van der Waals surface area contributed by atoms with E-state index in [0.717, 1.165) is 15.4 Å². The zero-order valence-electron chi connectivity index (χ0n) is 15.4. The van der Waals surface area contributed by atoms with Crippen molar-refractivity contribution in [1.29, 1.82) is 10.8 Å². The van der Waals surface area contributed by atoms with Crippen LogP contribution in [-0.4, -0.2) is 10.3 Å². The highest BCUT2D eigenvalue weighted by Crippen LogP contribution is 2.38. The number of hydrogen-bond acceptors (Lipinski definition) is 5. The van der Waals surface area contributed by atoms with Crippen LogP contribution in [0.5, 0.6) is 0 Å². The SMILES string of the molecule is Br.Br.N=C(N)SCc1ccccc1Sc1ccc2ccccc2c1CSC(=N)N. The van der Waals surface area contributed by atoms with Gasteiger partial charge < -0.3 is 11.5 Å². The van der Waals surface area contributed by atoms with Crippen LogP contribution in [0.1, 0.15) is 11.1 Å². The van der Waals surface area contributed by atoms with Crippen molar-refractivity contribution < 1.29 is 0 Å². The molecule has 0 aromatic heterocycles. The van der Waals surface area contributed by atoms with Crippen LogP contribution in [-0.2, 0) is 11.5 Å². The van der Waals surface area contributed by atoms with E-state index >= 15 is 0 Å². The predicted octanol–water partition coefficient (Wildman–Crippen LogP) is 6.40. The molecule has 3 aromatic carbocycles. The average molecular weight is 574 g/mol. The first-order valence-electron chi connectivity index (χ1n) is 8.24. The van der Waals surface area contributed by atoms with Crippen LogP contribution in [0.15, 0.2) is 70.5 Å². The summed E-state index contributed by atoms with van der Waals surface area (Å²) in [6.07, 6.45) is 0. The number of halogens is 2. The zero-order valence-corrected chi connectivity index (χ0v) is 21.3. The van der Waals surface area contributed by atoms with Gasteiger partial charge in [0.25, 0.3) is 0 Å². The Hall–Kier alpha value is -1.13. The summed E-state index contributed by atoms with van der Waals surface area (Å²) in [7, 11) is 0. The van der Waals surface area contributed by atoms with E-state index in [9.17, 15) is 0 Å². The second-order valence-corrected chi connectivity index (χ2v) is 8.90. The quantitative estimate of drug-likeness (QED) is 0.202. The van der Waals surface area contributed by atoms with Crippen LogP contribution < -0.4 is 11.5 Å². The van der Waals surface area contributed by atoms with E-state index < -0.39 is 0 Å². The number of thioether (sulfide) groups is 2. The normalized spacial score (nSPS) is 10.1. The number of nitrogens with one attached hydrogen (secondary N) is 2. The van der Waals surface area contributed by atoms with Gasteiger partial charge in [-0.2, -0.15) is 0 Å². The number of amidine groups is 2. The molecule has 0 unspecified atom stereocenters. The Morgan fingerprint density at radius 1 is 0.724 bits per heavy atom. The van der Waals surface area contributed by atoms with Crippen molar-refractivity contribution in [3.8, 4) is 0 Å². The van der Waals surface area contributed by atoms with Gasteiger partial charge in [0.2, 0.25) is 0 Å². The van der Waals surface area contributed by atoms with Gasteiger partial charge in [0.15, 0.2) is 10.3 Å². The van der Waals surface area contributed by atoms with Gasteiger partial charge in [0, 0.05) is 21.3 Å². The molecule has 3 aromatic rings. The smallest absolute Gasteiger partial charge is 0.151 e. The highest BCUT2D eigenvalue weighted by atomic mass is 79.9. The van der Waals surface area contributed by atoms with Crippen LogP contribution >= 0.6 is 69.2 Å². The van der Waals surface area contributed by atoms with E-state index in [4.69, 9.17) is 22.3 Å². The maximum absolute atomic E-state index is 7.57. The third-order valence-corrected chi connectivity index (χ3v) is 6.68. The number of benzene rings is 3. The minimum absolute atomic E-state index is 0. The fourth-order valence-corrected chi connectivity index (χ4v) is 5.16. The van der Waals surface area contributed by atoms with Crippen molar-refractivity contribution in [3.63, 3.8) is 0 Å². The summed E-state index contributed by atoms with van der Waals surface area (Å²) in [4.78, 5) is 2.30. The Kier molecular flexibility index (Phi) is 11.2. The number of hydrogen-bond donors (Lipinski definition) is 4. The van der Waals surface area contributed by atoms with E-state index in [2.05, 4.69) is 36.4 Å². The van der Waals surface area contributed by atoms with E-state index in [0.29, 0.717) is 11.5 Å². The molecular weight excluding hydrogens is 552 g/mol. The van der Waals surface area contributed by atoms with Gasteiger partial charge in [-0.25, -0.2) is 0 Å².